The van der Waals surface area contributed by atoms with E-state index < -0.39 is 34.8 Å². The molecule has 0 N–H and O–H groups in total. The summed E-state index contributed by atoms with van der Waals surface area (Å²) in [7, 11) is 0. The standard InChI is InChI=1S/C11H10FNO6/c1-2-18-10(14)6-11(15)19-7-3-4-9(13(16)17)8(12)5-7/h3-5H,2,6H2,1H3. The maximum Gasteiger partial charge on any atom is 0.322 e. The van der Waals surface area contributed by atoms with E-state index in [1.807, 2.05) is 0 Å². The SMILES string of the molecule is CCOC(=O)CC(=O)Oc1ccc([N+](=O)[O-])c(F)c1. The van der Waals surface area contributed by atoms with E-state index in [1.165, 1.54) is 0 Å². The number of nitro benzene ring substituents is 1. The second kappa shape index (κ2) is 6.43. The van der Waals surface area contributed by atoms with Crippen LogP contribution in [0.15, 0.2) is 18.2 Å². The van der Waals surface area contributed by atoms with Crippen LogP contribution < -0.4 is 4.74 Å². The van der Waals surface area contributed by atoms with Crippen LogP contribution in [-0.2, 0) is 14.3 Å². The molecule has 0 saturated carbocycles. The summed E-state index contributed by atoms with van der Waals surface area (Å²) in [5, 5.41) is 10.4. The van der Waals surface area contributed by atoms with E-state index in [4.69, 9.17) is 0 Å². The molecule has 0 atom stereocenters. The van der Waals surface area contributed by atoms with Crippen LogP contribution >= 0.6 is 0 Å². The van der Waals surface area contributed by atoms with Crippen LogP contribution in [0, 0.1) is 15.9 Å². The lowest BCUT2D eigenvalue weighted by Gasteiger charge is -2.04. The van der Waals surface area contributed by atoms with Crippen molar-refractivity contribution in [2.75, 3.05) is 6.61 Å². The molecule has 0 spiro atoms. The van der Waals surface area contributed by atoms with E-state index in [0.717, 1.165) is 12.1 Å². The molecule has 0 aliphatic rings. The summed E-state index contributed by atoms with van der Waals surface area (Å²) < 4.78 is 22.4. The average molecular weight is 271 g/mol. The highest BCUT2D eigenvalue weighted by molar-refractivity contribution is 5.92. The quantitative estimate of drug-likeness (QED) is 0.265. The third-order valence-electron chi connectivity index (χ3n) is 1.94. The number of hydrogen-bond acceptors (Lipinski definition) is 6. The lowest BCUT2D eigenvalue weighted by atomic mass is 10.3. The second-order valence-corrected chi connectivity index (χ2v) is 3.33. The monoisotopic (exact) mass is 271 g/mol. The number of nitrogens with zero attached hydrogens (tertiary/aromatic N) is 1. The van der Waals surface area contributed by atoms with Gasteiger partial charge in [0, 0.05) is 12.1 Å². The lowest BCUT2D eigenvalue weighted by Crippen LogP contribution is -2.16. The number of nitro groups is 1. The second-order valence-electron chi connectivity index (χ2n) is 3.33. The Balaban J connectivity index is 2.68. The van der Waals surface area contributed by atoms with E-state index in [9.17, 15) is 24.1 Å². The molecule has 19 heavy (non-hydrogen) atoms. The van der Waals surface area contributed by atoms with Gasteiger partial charge in [0.1, 0.15) is 12.2 Å². The Hall–Kier alpha value is -2.51. The number of carbonyl (C=O) groups is 2. The van der Waals surface area contributed by atoms with E-state index in [1.54, 1.807) is 6.92 Å². The minimum absolute atomic E-state index is 0.123. The van der Waals surface area contributed by atoms with Gasteiger partial charge in [-0.05, 0) is 13.0 Å². The Morgan fingerprint density at radius 3 is 2.58 bits per heavy atom. The molecule has 0 fully saturated rings. The van der Waals surface area contributed by atoms with Gasteiger partial charge in [0.25, 0.3) is 0 Å². The molecule has 7 nitrogen and oxygen atoms in total. The van der Waals surface area contributed by atoms with Gasteiger partial charge in [-0.3, -0.25) is 19.7 Å². The summed E-state index contributed by atoms with van der Waals surface area (Å²) in [6, 6.07) is 2.62. The number of rotatable bonds is 5. The zero-order valence-electron chi connectivity index (χ0n) is 9.92. The molecule has 0 saturated heterocycles. The van der Waals surface area contributed by atoms with Crippen molar-refractivity contribution in [1.82, 2.24) is 0 Å². The van der Waals surface area contributed by atoms with Crippen LogP contribution in [0.2, 0.25) is 0 Å². The van der Waals surface area contributed by atoms with E-state index in [2.05, 4.69) is 9.47 Å². The fourth-order valence-electron chi connectivity index (χ4n) is 1.20. The molecule has 0 aliphatic heterocycles. The topological polar surface area (TPSA) is 95.7 Å². The molecule has 102 valence electrons. The number of hydrogen-bond donors (Lipinski definition) is 0. The molecule has 0 unspecified atom stereocenters. The molecule has 1 rings (SSSR count). The Kier molecular flexibility index (Phi) is 4.92. The van der Waals surface area contributed by atoms with Crippen LogP contribution in [0.1, 0.15) is 13.3 Å². The summed E-state index contributed by atoms with van der Waals surface area (Å²) in [5.41, 5.74) is -0.731. The van der Waals surface area contributed by atoms with Crippen molar-refractivity contribution in [2.45, 2.75) is 13.3 Å². The number of ether oxygens (including phenoxy) is 2. The predicted molar refractivity (Wildman–Crippen MR) is 59.9 cm³/mol. The maximum absolute atomic E-state index is 13.2. The summed E-state index contributed by atoms with van der Waals surface area (Å²) in [6.45, 7) is 1.70. The maximum atomic E-state index is 13.2. The normalized spacial score (nSPS) is 9.79. The van der Waals surface area contributed by atoms with Crippen molar-refractivity contribution in [3.05, 3.63) is 34.1 Å². The summed E-state index contributed by atoms with van der Waals surface area (Å²) in [5.74, 6) is -3.06. The molecule has 0 aliphatic carbocycles. The van der Waals surface area contributed by atoms with Crippen molar-refractivity contribution >= 4 is 17.6 Å². The first-order chi connectivity index (χ1) is 8.93. The Morgan fingerprint density at radius 1 is 1.37 bits per heavy atom. The van der Waals surface area contributed by atoms with Crippen LogP contribution in [0.25, 0.3) is 0 Å². The largest absolute Gasteiger partial charge is 0.466 e. The fraction of sp³-hybridized carbons (Fsp3) is 0.273. The number of carbonyl (C=O) groups excluding carboxylic acids is 2. The first-order valence-corrected chi connectivity index (χ1v) is 5.24. The summed E-state index contributed by atoms with van der Waals surface area (Å²) in [6.07, 6.45) is -0.619. The minimum Gasteiger partial charge on any atom is -0.466 e. The molecule has 0 aromatic heterocycles. The van der Waals surface area contributed by atoms with Crippen molar-refractivity contribution in [3.8, 4) is 5.75 Å². The Morgan fingerprint density at radius 2 is 2.05 bits per heavy atom. The van der Waals surface area contributed by atoms with Crippen LogP contribution in [-0.4, -0.2) is 23.5 Å². The van der Waals surface area contributed by atoms with Gasteiger partial charge < -0.3 is 9.47 Å². The van der Waals surface area contributed by atoms with Gasteiger partial charge in [-0.25, -0.2) is 0 Å². The minimum atomic E-state index is -1.13. The predicted octanol–water partition coefficient (Wildman–Crippen LogP) is 1.59. The summed E-state index contributed by atoms with van der Waals surface area (Å²) >= 11 is 0. The zero-order chi connectivity index (χ0) is 14.4. The fourth-order valence-corrected chi connectivity index (χ4v) is 1.20. The molecule has 0 amide bonds. The van der Waals surface area contributed by atoms with Crippen molar-refractivity contribution in [3.63, 3.8) is 0 Å². The first-order valence-electron chi connectivity index (χ1n) is 5.24. The van der Waals surface area contributed by atoms with Gasteiger partial charge in [-0.15, -0.1) is 0 Å². The van der Waals surface area contributed by atoms with Crippen LogP contribution in [0.4, 0.5) is 10.1 Å². The Bertz CT molecular complexity index is 516. The smallest absolute Gasteiger partial charge is 0.322 e. The van der Waals surface area contributed by atoms with Crippen LogP contribution in [0.5, 0.6) is 5.75 Å². The molecule has 0 radical (unpaired) electrons. The number of esters is 2. The molecule has 0 bridgehead atoms. The zero-order valence-corrected chi connectivity index (χ0v) is 9.92. The van der Waals surface area contributed by atoms with Gasteiger partial charge in [-0.1, -0.05) is 0 Å². The third-order valence-corrected chi connectivity index (χ3v) is 1.94. The highest BCUT2D eigenvalue weighted by atomic mass is 19.1. The van der Waals surface area contributed by atoms with Crippen molar-refractivity contribution in [1.29, 1.82) is 0 Å². The van der Waals surface area contributed by atoms with Gasteiger partial charge in [0.05, 0.1) is 11.5 Å². The number of benzene rings is 1. The molecule has 1 aromatic carbocycles. The van der Waals surface area contributed by atoms with Crippen LogP contribution in [0.3, 0.4) is 0 Å². The molecule has 8 heteroatoms. The summed E-state index contributed by atoms with van der Waals surface area (Å²) in [4.78, 5) is 31.7. The molecular weight excluding hydrogens is 261 g/mol. The van der Waals surface area contributed by atoms with Gasteiger partial charge in [0.2, 0.25) is 5.82 Å². The highest BCUT2D eigenvalue weighted by Gasteiger charge is 2.17. The Labute approximate surface area is 107 Å². The van der Waals surface area contributed by atoms with E-state index >= 15 is 0 Å². The molecule has 1 aromatic rings. The molecular formula is C11H10FNO6. The third kappa shape index (κ3) is 4.34. The van der Waals surface area contributed by atoms with Crippen molar-refractivity contribution < 1.29 is 28.4 Å². The van der Waals surface area contributed by atoms with Gasteiger partial charge in [-0.2, -0.15) is 4.39 Å². The first kappa shape index (κ1) is 14.6. The van der Waals surface area contributed by atoms with Gasteiger partial charge >= 0.3 is 17.6 Å². The number of halogens is 1. The average Bonchev–Trinajstić information content (AvgIpc) is 2.28. The molecule has 0 heterocycles. The van der Waals surface area contributed by atoms with E-state index in [-0.39, 0.29) is 12.4 Å². The lowest BCUT2D eigenvalue weighted by molar-refractivity contribution is -0.387. The van der Waals surface area contributed by atoms with E-state index in [0.29, 0.717) is 6.07 Å². The van der Waals surface area contributed by atoms with Gasteiger partial charge in [0.15, 0.2) is 0 Å². The van der Waals surface area contributed by atoms with Crippen molar-refractivity contribution in [2.24, 2.45) is 0 Å². The highest BCUT2D eigenvalue weighted by Crippen LogP contribution is 2.22.